The predicted octanol–water partition coefficient (Wildman–Crippen LogP) is 2.65. The van der Waals surface area contributed by atoms with Crippen molar-refractivity contribution in [3.05, 3.63) is 23.8 Å². The number of methoxy groups -OCH3 is 1. The third-order valence-corrected chi connectivity index (χ3v) is 4.49. The standard InChI is InChI=1S/C14H21N5OS/c1-20-9-7-13-16-14(21-18-13)15-10-11-6-8-19(17-11)12-4-2-3-5-12/h6,8,12H,2-5,7,9-10H2,1H3,(H,15,16,18). The van der Waals surface area contributed by atoms with E-state index >= 15 is 0 Å². The number of rotatable bonds is 7. The number of hydrogen-bond donors (Lipinski definition) is 1. The second-order valence-corrected chi connectivity index (χ2v) is 6.09. The van der Waals surface area contributed by atoms with Gasteiger partial charge in [0.05, 0.1) is 24.9 Å². The average molecular weight is 307 g/mol. The summed E-state index contributed by atoms with van der Waals surface area (Å²) in [5.41, 5.74) is 1.05. The molecule has 1 aliphatic carbocycles. The normalized spacial score (nSPS) is 15.7. The highest BCUT2D eigenvalue weighted by Crippen LogP contribution is 2.28. The van der Waals surface area contributed by atoms with Crippen LogP contribution in [0.25, 0.3) is 0 Å². The first kappa shape index (κ1) is 14.5. The molecule has 2 aromatic rings. The molecule has 114 valence electrons. The maximum absolute atomic E-state index is 5.03. The summed E-state index contributed by atoms with van der Waals surface area (Å²) in [6, 6.07) is 2.68. The number of hydrogen-bond acceptors (Lipinski definition) is 6. The molecule has 0 radical (unpaired) electrons. The van der Waals surface area contributed by atoms with Crippen LogP contribution in [0, 0.1) is 0 Å². The Morgan fingerprint density at radius 3 is 3.10 bits per heavy atom. The van der Waals surface area contributed by atoms with Crippen LogP contribution < -0.4 is 5.32 Å². The lowest BCUT2D eigenvalue weighted by Crippen LogP contribution is -2.07. The molecule has 0 aliphatic heterocycles. The summed E-state index contributed by atoms with van der Waals surface area (Å²) in [4.78, 5) is 4.43. The van der Waals surface area contributed by atoms with Gasteiger partial charge in [-0.15, -0.1) is 0 Å². The van der Waals surface area contributed by atoms with E-state index in [1.165, 1.54) is 37.2 Å². The monoisotopic (exact) mass is 307 g/mol. The summed E-state index contributed by atoms with van der Waals surface area (Å²) in [5.74, 6) is 0.834. The Morgan fingerprint density at radius 1 is 1.43 bits per heavy atom. The van der Waals surface area contributed by atoms with Gasteiger partial charge in [0, 0.05) is 31.3 Å². The van der Waals surface area contributed by atoms with Crippen LogP contribution in [-0.4, -0.2) is 32.9 Å². The van der Waals surface area contributed by atoms with Gasteiger partial charge in [-0.1, -0.05) is 12.8 Å². The molecule has 7 heteroatoms. The van der Waals surface area contributed by atoms with Crippen LogP contribution in [0.3, 0.4) is 0 Å². The molecule has 6 nitrogen and oxygen atoms in total. The molecule has 0 aromatic carbocycles. The van der Waals surface area contributed by atoms with Crippen LogP contribution in [0.5, 0.6) is 0 Å². The molecule has 0 unspecified atom stereocenters. The molecule has 21 heavy (non-hydrogen) atoms. The second kappa shape index (κ2) is 7.00. The fourth-order valence-corrected chi connectivity index (χ4v) is 3.24. The van der Waals surface area contributed by atoms with E-state index in [1.807, 2.05) is 0 Å². The fraction of sp³-hybridized carbons (Fsp3) is 0.643. The Kier molecular flexibility index (Phi) is 4.82. The Morgan fingerprint density at radius 2 is 2.29 bits per heavy atom. The lowest BCUT2D eigenvalue weighted by Gasteiger charge is -2.08. The van der Waals surface area contributed by atoms with Crippen LogP contribution in [0.1, 0.15) is 43.2 Å². The molecule has 0 atom stereocenters. The van der Waals surface area contributed by atoms with E-state index in [0.717, 1.165) is 23.1 Å². The van der Waals surface area contributed by atoms with Gasteiger partial charge < -0.3 is 10.1 Å². The summed E-state index contributed by atoms with van der Waals surface area (Å²) in [7, 11) is 1.69. The first-order valence-electron chi connectivity index (χ1n) is 7.44. The number of aromatic nitrogens is 4. The second-order valence-electron chi connectivity index (χ2n) is 5.34. The minimum Gasteiger partial charge on any atom is -0.384 e. The molecule has 1 N–H and O–H groups in total. The van der Waals surface area contributed by atoms with E-state index in [0.29, 0.717) is 19.2 Å². The first-order chi connectivity index (χ1) is 10.3. The van der Waals surface area contributed by atoms with Gasteiger partial charge in [-0.25, -0.2) is 4.98 Å². The van der Waals surface area contributed by atoms with Crippen LogP contribution in [0.4, 0.5) is 5.13 Å². The largest absolute Gasteiger partial charge is 0.384 e. The number of anilines is 1. The smallest absolute Gasteiger partial charge is 0.202 e. The van der Waals surface area contributed by atoms with Crippen molar-refractivity contribution in [1.82, 2.24) is 19.1 Å². The van der Waals surface area contributed by atoms with Gasteiger partial charge in [0.25, 0.3) is 0 Å². The molecule has 0 spiro atoms. The lowest BCUT2D eigenvalue weighted by atomic mass is 10.3. The van der Waals surface area contributed by atoms with Crippen LogP contribution in [-0.2, 0) is 17.7 Å². The number of nitrogens with zero attached hydrogens (tertiary/aromatic N) is 4. The summed E-state index contributed by atoms with van der Waals surface area (Å²) in [6.45, 7) is 1.35. The predicted molar refractivity (Wildman–Crippen MR) is 82.5 cm³/mol. The van der Waals surface area contributed by atoms with Gasteiger partial charge in [0.15, 0.2) is 0 Å². The van der Waals surface area contributed by atoms with Crippen molar-refractivity contribution in [2.75, 3.05) is 19.0 Å². The van der Waals surface area contributed by atoms with Crippen LogP contribution in [0.2, 0.25) is 0 Å². The van der Waals surface area contributed by atoms with Gasteiger partial charge in [-0.3, -0.25) is 4.68 Å². The Bertz CT molecular complexity index is 561. The first-order valence-corrected chi connectivity index (χ1v) is 8.22. The maximum atomic E-state index is 5.03. The molecule has 1 aliphatic rings. The maximum Gasteiger partial charge on any atom is 0.202 e. The Hall–Kier alpha value is -1.47. The molecule has 0 saturated heterocycles. The molecule has 0 bridgehead atoms. The van der Waals surface area contributed by atoms with Crippen LogP contribution >= 0.6 is 11.5 Å². The van der Waals surface area contributed by atoms with Crippen LogP contribution in [0.15, 0.2) is 12.3 Å². The number of ether oxygens (including phenoxy) is 1. The molecule has 3 rings (SSSR count). The van der Waals surface area contributed by atoms with Crippen molar-refractivity contribution in [2.24, 2.45) is 0 Å². The van der Waals surface area contributed by atoms with E-state index in [-0.39, 0.29) is 0 Å². The third kappa shape index (κ3) is 3.79. The van der Waals surface area contributed by atoms with Gasteiger partial charge in [0.2, 0.25) is 5.13 Å². The van der Waals surface area contributed by atoms with E-state index in [1.54, 1.807) is 7.11 Å². The molecule has 1 fully saturated rings. The zero-order chi connectivity index (χ0) is 14.5. The van der Waals surface area contributed by atoms with E-state index < -0.39 is 0 Å². The van der Waals surface area contributed by atoms with Gasteiger partial charge in [0.1, 0.15) is 5.82 Å². The topological polar surface area (TPSA) is 64.9 Å². The number of nitrogens with one attached hydrogen (secondary N) is 1. The molecule has 2 heterocycles. The van der Waals surface area contributed by atoms with Crippen molar-refractivity contribution in [3.63, 3.8) is 0 Å². The highest BCUT2D eigenvalue weighted by molar-refractivity contribution is 7.09. The highest BCUT2D eigenvalue weighted by Gasteiger charge is 2.17. The molecular weight excluding hydrogens is 286 g/mol. The zero-order valence-corrected chi connectivity index (χ0v) is 13.1. The quantitative estimate of drug-likeness (QED) is 0.852. The molecule has 2 aromatic heterocycles. The van der Waals surface area contributed by atoms with Crippen molar-refractivity contribution in [2.45, 2.75) is 44.7 Å². The van der Waals surface area contributed by atoms with Crippen molar-refractivity contribution in [3.8, 4) is 0 Å². The summed E-state index contributed by atoms with van der Waals surface area (Å²) in [6.07, 6.45) is 8.02. The van der Waals surface area contributed by atoms with Gasteiger partial charge in [-0.2, -0.15) is 9.47 Å². The molecule has 0 amide bonds. The molecule has 1 saturated carbocycles. The van der Waals surface area contributed by atoms with E-state index in [9.17, 15) is 0 Å². The van der Waals surface area contributed by atoms with Gasteiger partial charge in [-0.05, 0) is 18.9 Å². The molecular formula is C14H21N5OS. The van der Waals surface area contributed by atoms with Gasteiger partial charge >= 0.3 is 0 Å². The zero-order valence-electron chi connectivity index (χ0n) is 12.3. The Labute approximate surface area is 128 Å². The third-order valence-electron chi connectivity index (χ3n) is 3.78. The van der Waals surface area contributed by atoms with Crippen molar-refractivity contribution < 1.29 is 4.74 Å². The van der Waals surface area contributed by atoms with Crippen molar-refractivity contribution in [1.29, 1.82) is 0 Å². The van der Waals surface area contributed by atoms with E-state index in [4.69, 9.17) is 4.74 Å². The minimum absolute atomic E-state index is 0.598. The highest BCUT2D eigenvalue weighted by atomic mass is 32.1. The van der Waals surface area contributed by atoms with Crippen molar-refractivity contribution >= 4 is 16.7 Å². The Balaban J connectivity index is 1.51. The summed E-state index contributed by atoms with van der Waals surface area (Å²) < 4.78 is 11.4. The van der Waals surface area contributed by atoms with E-state index in [2.05, 4.69) is 36.7 Å². The lowest BCUT2D eigenvalue weighted by molar-refractivity contribution is 0.201. The fourth-order valence-electron chi connectivity index (χ4n) is 2.63. The average Bonchev–Trinajstić information content (AvgIpc) is 3.22. The SMILES string of the molecule is COCCc1nsc(NCc2ccn(C3CCCC3)n2)n1. The minimum atomic E-state index is 0.598. The summed E-state index contributed by atoms with van der Waals surface area (Å²) >= 11 is 1.39. The summed E-state index contributed by atoms with van der Waals surface area (Å²) in [5, 5.41) is 8.79.